The van der Waals surface area contributed by atoms with Crippen molar-refractivity contribution < 1.29 is 19.1 Å². The molecule has 1 aromatic carbocycles. The van der Waals surface area contributed by atoms with E-state index in [1.807, 2.05) is 0 Å². The molecule has 18 heavy (non-hydrogen) atoms. The van der Waals surface area contributed by atoms with Crippen LogP contribution in [0.4, 0.5) is 4.39 Å². The van der Waals surface area contributed by atoms with Crippen LogP contribution < -0.4 is 0 Å². The molecule has 0 aromatic heterocycles. The maximum atomic E-state index is 13.6. The quantitative estimate of drug-likeness (QED) is 0.909. The Balaban J connectivity index is 2.21. The standard InChI is InChI=1S/C12H12FNO3S/c1-14-5-4-9(11(14)15)18-10-6-7(12(16)17)2-3-8(10)13/h2-3,6,9H,4-5H2,1H3,(H,16,17). The van der Waals surface area contributed by atoms with Crippen molar-refractivity contribution in [2.75, 3.05) is 13.6 Å². The van der Waals surface area contributed by atoms with Crippen molar-refractivity contribution in [1.82, 2.24) is 4.90 Å². The summed E-state index contributed by atoms with van der Waals surface area (Å²) in [5.41, 5.74) is 0.0256. The lowest BCUT2D eigenvalue weighted by Crippen LogP contribution is -2.23. The topological polar surface area (TPSA) is 57.6 Å². The third-order valence-electron chi connectivity index (χ3n) is 2.83. The van der Waals surface area contributed by atoms with Gasteiger partial charge < -0.3 is 10.0 Å². The minimum atomic E-state index is -1.10. The van der Waals surface area contributed by atoms with Gasteiger partial charge in [-0.1, -0.05) is 0 Å². The zero-order chi connectivity index (χ0) is 13.3. The van der Waals surface area contributed by atoms with Gasteiger partial charge in [0, 0.05) is 18.5 Å². The van der Waals surface area contributed by atoms with Crippen LogP contribution in [0.25, 0.3) is 0 Å². The Morgan fingerprint density at radius 2 is 2.28 bits per heavy atom. The van der Waals surface area contributed by atoms with Crippen molar-refractivity contribution in [3.8, 4) is 0 Å². The second-order valence-corrected chi connectivity index (χ2v) is 5.35. The molecule has 1 saturated heterocycles. The summed E-state index contributed by atoms with van der Waals surface area (Å²) in [6.45, 7) is 0.650. The summed E-state index contributed by atoms with van der Waals surface area (Å²) in [5, 5.41) is 8.52. The minimum absolute atomic E-state index is 0.0256. The van der Waals surface area contributed by atoms with Gasteiger partial charge in [-0.3, -0.25) is 4.79 Å². The molecule has 1 heterocycles. The number of carbonyl (C=O) groups excluding carboxylic acids is 1. The van der Waals surface area contributed by atoms with Crippen LogP contribution in [0.3, 0.4) is 0 Å². The van der Waals surface area contributed by atoms with E-state index in [1.54, 1.807) is 11.9 Å². The van der Waals surface area contributed by atoms with Crippen molar-refractivity contribution in [1.29, 1.82) is 0 Å². The molecule has 0 aliphatic carbocycles. The van der Waals surface area contributed by atoms with Gasteiger partial charge in [0.1, 0.15) is 5.82 Å². The van der Waals surface area contributed by atoms with Crippen LogP contribution in [-0.4, -0.2) is 40.7 Å². The van der Waals surface area contributed by atoms with Gasteiger partial charge in [-0.2, -0.15) is 0 Å². The highest BCUT2D eigenvalue weighted by molar-refractivity contribution is 8.00. The lowest BCUT2D eigenvalue weighted by molar-refractivity contribution is -0.126. The van der Waals surface area contributed by atoms with Crippen LogP contribution in [0.5, 0.6) is 0 Å². The fraction of sp³-hybridized carbons (Fsp3) is 0.333. The van der Waals surface area contributed by atoms with Gasteiger partial charge in [-0.25, -0.2) is 9.18 Å². The maximum Gasteiger partial charge on any atom is 0.335 e. The molecule has 0 spiro atoms. The third kappa shape index (κ3) is 2.48. The fourth-order valence-electron chi connectivity index (χ4n) is 1.78. The van der Waals surface area contributed by atoms with Gasteiger partial charge in [0.25, 0.3) is 0 Å². The van der Waals surface area contributed by atoms with E-state index in [0.29, 0.717) is 13.0 Å². The summed E-state index contributed by atoms with van der Waals surface area (Å²) < 4.78 is 13.6. The predicted molar refractivity (Wildman–Crippen MR) is 65.3 cm³/mol. The minimum Gasteiger partial charge on any atom is -0.478 e. The van der Waals surface area contributed by atoms with Crippen LogP contribution >= 0.6 is 11.8 Å². The first-order valence-corrected chi connectivity index (χ1v) is 6.31. The van der Waals surface area contributed by atoms with Crippen LogP contribution in [0.1, 0.15) is 16.8 Å². The molecule has 0 saturated carbocycles. The van der Waals surface area contributed by atoms with E-state index >= 15 is 0 Å². The van der Waals surface area contributed by atoms with Crippen molar-refractivity contribution in [3.63, 3.8) is 0 Å². The lowest BCUT2D eigenvalue weighted by atomic mass is 10.2. The molecule has 6 heteroatoms. The van der Waals surface area contributed by atoms with E-state index in [2.05, 4.69) is 0 Å². The zero-order valence-corrected chi connectivity index (χ0v) is 10.5. The zero-order valence-electron chi connectivity index (χ0n) is 9.72. The summed E-state index contributed by atoms with van der Waals surface area (Å²) >= 11 is 1.09. The fourth-order valence-corrected chi connectivity index (χ4v) is 2.97. The number of thioether (sulfide) groups is 1. The van der Waals surface area contributed by atoms with Crippen LogP contribution in [-0.2, 0) is 4.79 Å². The Morgan fingerprint density at radius 1 is 1.56 bits per heavy atom. The Morgan fingerprint density at radius 3 is 2.83 bits per heavy atom. The molecule has 0 bridgehead atoms. The number of halogens is 1. The van der Waals surface area contributed by atoms with Crippen LogP contribution in [0.15, 0.2) is 23.1 Å². The van der Waals surface area contributed by atoms with Crippen LogP contribution in [0.2, 0.25) is 0 Å². The number of nitrogens with zero attached hydrogens (tertiary/aromatic N) is 1. The lowest BCUT2D eigenvalue weighted by Gasteiger charge is -2.10. The largest absolute Gasteiger partial charge is 0.478 e. The maximum absolute atomic E-state index is 13.6. The summed E-state index contributed by atoms with van der Waals surface area (Å²) in [6, 6.07) is 3.60. The second-order valence-electron chi connectivity index (χ2n) is 4.11. The van der Waals surface area contributed by atoms with Crippen molar-refractivity contribution in [2.24, 2.45) is 0 Å². The van der Waals surface area contributed by atoms with Gasteiger partial charge in [-0.05, 0) is 24.6 Å². The molecular weight excluding hydrogens is 257 g/mol. The SMILES string of the molecule is CN1CCC(Sc2cc(C(=O)O)ccc2F)C1=O. The highest BCUT2D eigenvalue weighted by Gasteiger charge is 2.30. The molecule has 96 valence electrons. The van der Waals surface area contributed by atoms with Gasteiger partial charge in [0.2, 0.25) is 5.91 Å². The Hall–Kier alpha value is -1.56. The van der Waals surface area contributed by atoms with E-state index in [4.69, 9.17) is 5.11 Å². The highest BCUT2D eigenvalue weighted by atomic mass is 32.2. The first-order valence-electron chi connectivity index (χ1n) is 5.43. The molecule has 1 N–H and O–H groups in total. The van der Waals surface area contributed by atoms with E-state index in [9.17, 15) is 14.0 Å². The molecule has 1 aromatic rings. The van der Waals surface area contributed by atoms with Gasteiger partial charge in [0.15, 0.2) is 0 Å². The van der Waals surface area contributed by atoms with E-state index < -0.39 is 11.8 Å². The number of carboxylic acids is 1. The molecule has 0 radical (unpaired) electrons. The number of hydrogen-bond acceptors (Lipinski definition) is 3. The Bertz CT molecular complexity index is 506. The highest BCUT2D eigenvalue weighted by Crippen LogP contribution is 2.32. The molecule has 4 nitrogen and oxygen atoms in total. The normalized spacial score (nSPS) is 19.3. The first-order chi connectivity index (χ1) is 8.49. The average Bonchev–Trinajstić information content (AvgIpc) is 2.63. The number of rotatable bonds is 3. The molecule has 2 rings (SSSR count). The second kappa shape index (κ2) is 4.97. The summed E-state index contributed by atoms with van der Waals surface area (Å²) in [4.78, 5) is 24.3. The van der Waals surface area contributed by atoms with E-state index in [-0.39, 0.29) is 21.6 Å². The number of carboxylic acid groups (broad SMARTS) is 1. The number of likely N-dealkylation sites (tertiary alicyclic amines) is 1. The Labute approximate surface area is 108 Å². The van der Waals surface area contributed by atoms with E-state index in [0.717, 1.165) is 17.8 Å². The summed E-state index contributed by atoms with van der Waals surface area (Å²) in [6.07, 6.45) is 0.650. The number of benzene rings is 1. The van der Waals surface area contributed by atoms with Gasteiger partial charge >= 0.3 is 5.97 Å². The van der Waals surface area contributed by atoms with Gasteiger partial charge in [0.05, 0.1) is 10.8 Å². The number of amides is 1. The monoisotopic (exact) mass is 269 g/mol. The molecular formula is C12H12FNO3S. The number of aromatic carboxylic acids is 1. The number of carbonyl (C=O) groups is 2. The first kappa shape index (κ1) is 12.9. The van der Waals surface area contributed by atoms with E-state index in [1.165, 1.54) is 12.1 Å². The third-order valence-corrected chi connectivity index (χ3v) is 4.11. The average molecular weight is 269 g/mol. The van der Waals surface area contributed by atoms with Crippen molar-refractivity contribution in [2.45, 2.75) is 16.6 Å². The Kier molecular flexibility index (Phi) is 3.56. The summed E-state index contributed by atoms with van der Waals surface area (Å²) in [5.74, 6) is -1.64. The van der Waals surface area contributed by atoms with Crippen molar-refractivity contribution in [3.05, 3.63) is 29.6 Å². The smallest absolute Gasteiger partial charge is 0.335 e. The van der Waals surface area contributed by atoms with Crippen LogP contribution in [0, 0.1) is 5.82 Å². The summed E-state index contributed by atoms with van der Waals surface area (Å²) in [7, 11) is 1.70. The van der Waals surface area contributed by atoms with Gasteiger partial charge in [-0.15, -0.1) is 11.8 Å². The predicted octanol–water partition coefficient (Wildman–Crippen LogP) is 1.85. The molecule has 1 fully saturated rings. The molecule has 1 unspecified atom stereocenters. The van der Waals surface area contributed by atoms with Crippen molar-refractivity contribution >= 4 is 23.6 Å². The molecule has 1 amide bonds. The number of hydrogen-bond donors (Lipinski definition) is 1. The molecule has 1 atom stereocenters. The molecule has 1 aliphatic heterocycles. The molecule has 1 aliphatic rings.